The highest BCUT2D eigenvalue weighted by atomic mass is 31.2. The quantitative estimate of drug-likeness (QED) is 0.0214. The molecule has 0 spiro atoms. The van der Waals surface area contributed by atoms with E-state index < -0.39 is 25.5 Å². The van der Waals surface area contributed by atoms with Crippen molar-refractivity contribution in [2.45, 2.75) is 264 Å². The molecule has 1 N–H and O–H groups in total. The number of quaternary nitrogens is 1. The smallest absolute Gasteiger partial charge is 0.385 e. The molecule has 0 aliphatic carbocycles. The molecule has 8 nitrogen and oxygen atoms in total. The number of ether oxygens (including phenoxy) is 2. The molecule has 0 fully saturated rings. The number of esters is 2. The van der Waals surface area contributed by atoms with Crippen LogP contribution in [-0.2, 0) is 28.2 Å². The molecule has 3 atom stereocenters. The van der Waals surface area contributed by atoms with E-state index in [-0.39, 0.29) is 30.1 Å². The van der Waals surface area contributed by atoms with Gasteiger partial charge in [-0.3, -0.25) is 14.2 Å². The highest BCUT2D eigenvalue weighted by molar-refractivity contribution is 7.53. The van der Waals surface area contributed by atoms with Crippen LogP contribution in [-0.4, -0.2) is 67.6 Å². The molecule has 0 saturated carbocycles. The zero-order valence-electron chi connectivity index (χ0n) is 41.1. The van der Waals surface area contributed by atoms with Gasteiger partial charge in [0, 0.05) is 19.3 Å². The zero-order chi connectivity index (χ0) is 45.1. The van der Waals surface area contributed by atoms with Gasteiger partial charge in [-0.15, -0.1) is 0 Å². The van der Waals surface area contributed by atoms with Crippen LogP contribution in [0.15, 0.2) is 24.3 Å². The lowest BCUT2D eigenvalue weighted by atomic mass is 10.1. The molecule has 0 aromatic rings. The lowest BCUT2D eigenvalue weighted by Crippen LogP contribution is -2.45. The summed E-state index contributed by atoms with van der Waals surface area (Å²) in [6, 6.07) is 0. The van der Waals surface area contributed by atoms with Crippen LogP contribution in [0.2, 0.25) is 0 Å². The molecule has 0 aromatic carbocycles. The number of allylic oxidation sites excluding steroid dienone is 4. The Morgan fingerprint density at radius 3 is 1.23 bits per heavy atom. The maximum atomic E-state index is 13.6. The van der Waals surface area contributed by atoms with Gasteiger partial charge in [-0.05, 0) is 70.6 Å². The van der Waals surface area contributed by atoms with E-state index in [0.29, 0.717) is 12.8 Å². The van der Waals surface area contributed by atoms with E-state index in [0.717, 1.165) is 77.0 Å². The van der Waals surface area contributed by atoms with Crippen LogP contribution in [0.4, 0.5) is 0 Å². The minimum Gasteiger partial charge on any atom is -0.462 e. The van der Waals surface area contributed by atoms with Crippen molar-refractivity contribution in [1.29, 1.82) is 0 Å². The normalized spacial score (nSPS) is 14.1. The number of unbranched alkanes of at least 4 members (excludes halogenated alkanes) is 28. The fraction of sp³-hybridized carbons (Fsp3) is 0.885. The summed E-state index contributed by atoms with van der Waals surface area (Å²) in [5.41, 5.74) is 0. The topological polar surface area (TPSA) is 99.1 Å². The maximum Gasteiger partial charge on any atom is 0.385 e. The average molecular weight is 883 g/mol. The van der Waals surface area contributed by atoms with Gasteiger partial charge in [0.15, 0.2) is 11.9 Å². The van der Waals surface area contributed by atoms with Crippen molar-refractivity contribution in [3.8, 4) is 0 Å². The van der Waals surface area contributed by atoms with Crippen LogP contribution in [0.25, 0.3) is 0 Å². The minimum absolute atomic E-state index is 0.184. The Morgan fingerprint density at radius 1 is 0.492 bits per heavy atom. The molecule has 0 amide bonds. The SMILES string of the molecule is CCCCCCCC/C=C\CCCCCCCCCCCC(=O)OC[C@H](COP(=O)(O)C(CCCCC)[N+](C)(C)C)OC(=O)CCCCCCC/C=C\CCCCCCCC. The Bertz CT molecular complexity index is 1100. The monoisotopic (exact) mass is 883 g/mol. The molecule has 0 rings (SSSR count). The summed E-state index contributed by atoms with van der Waals surface area (Å²) in [6.07, 6.45) is 48.8. The first-order chi connectivity index (χ1) is 29.5. The van der Waals surface area contributed by atoms with Crippen molar-refractivity contribution in [2.75, 3.05) is 34.4 Å². The molecule has 61 heavy (non-hydrogen) atoms. The summed E-state index contributed by atoms with van der Waals surface area (Å²) in [4.78, 5) is 36.7. The van der Waals surface area contributed by atoms with Crippen LogP contribution in [0, 0.1) is 0 Å². The van der Waals surface area contributed by atoms with E-state index >= 15 is 0 Å². The number of carbonyl (C=O) groups excluding carboxylic acids is 2. The van der Waals surface area contributed by atoms with E-state index in [2.05, 4.69) is 45.1 Å². The van der Waals surface area contributed by atoms with Crippen molar-refractivity contribution in [3.05, 3.63) is 24.3 Å². The highest BCUT2D eigenvalue weighted by Gasteiger charge is 2.43. The minimum atomic E-state index is -4.08. The Hall–Kier alpha value is -1.47. The number of hydrogen-bond acceptors (Lipinski definition) is 6. The molecule has 0 radical (unpaired) electrons. The van der Waals surface area contributed by atoms with Crippen molar-refractivity contribution >= 4 is 19.5 Å². The van der Waals surface area contributed by atoms with Crippen molar-refractivity contribution in [3.63, 3.8) is 0 Å². The van der Waals surface area contributed by atoms with E-state index in [1.807, 2.05) is 21.1 Å². The van der Waals surface area contributed by atoms with E-state index in [9.17, 15) is 19.0 Å². The molecule has 360 valence electrons. The van der Waals surface area contributed by atoms with Gasteiger partial charge in [-0.2, -0.15) is 0 Å². The molecule has 9 heteroatoms. The zero-order valence-corrected chi connectivity index (χ0v) is 42.0. The third-order valence-electron chi connectivity index (χ3n) is 11.8. The molecule has 0 bridgehead atoms. The molecular weight excluding hydrogens is 782 g/mol. The van der Waals surface area contributed by atoms with Crippen molar-refractivity contribution in [1.82, 2.24) is 0 Å². The molecule has 2 unspecified atom stereocenters. The van der Waals surface area contributed by atoms with Crippen LogP contribution in [0.5, 0.6) is 0 Å². The fourth-order valence-electron chi connectivity index (χ4n) is 7.85. The summed E-state index contributed by atoms with van der Waals surface area (Å²) < 4.78 is 30.8. The van der Waals surface area contributed by atoms with Crippen molar-refractivity contribution < 1.29 is 37.5 Å². The van der Waals surface area contributed by atoms with Crippen LogP contribution in [0.1, 0.15) is 252 Å². The number of rotatable bonds is 46. The first-order valence-electron chi connectivity index (χ1n) is 25.9. The first-order valence-corrected chi connectivity index (χ1v) is 27.6. The van der Waals surface area contributed by atoms with Gasteiger partial charge in [-0.25, -0.2) is 0 Å². The molecular formula is C52H101NO7P+. The standard InChI is InChI=1S/C52H100NO7P/c1-7-10-13-15-17-19-21-23-25-26-27-28-30-31-33-35-37-39-42-45-51(54)58-47-49(48-59-61(56,57)50(53(4,5)6)44-41-12-9-3)60-52(55)46-43-40-38-36-34-32-29-24-22-20-18-16-14-11-8-2/h23-25,29,49-50H,7-22,26-28,30-48H2,1-6H3/p+1/b25-23-,29-24-/t49-,50?/m1/s1. The van der Waals surface area contributed by atoms with E-state index in [1.165, 1.54) is 135 Å². The molecule has 0 aliphatic rings. The second-order valence-electron chi connectivity index (χ2n) is 18.8. The highest BCUT2D eigenvalue weighted by Crippen LogP contribution is 2.52. The maximum absolute atomic E-state index is 13.6. The largest absolute Gasteiger partial charge is 0.462 e. The molecule has 0 aromatic heterocycles. The predicted octanol–water partition coefficient (Wildman–Crippen LogP) is 15.9. The molecule has 0 aliphatic heterocycles. The average Bonchev–Trinajstić information content (AvgIpc) is 3.22. The van der Waals surface area contributed by atoms with Crippen LogP contribution in [0.3, 0.4) is 0 Å². The van der Waals surface area contributed by atoms with Gasteiger partial charge in [0.05, 0.1) is 27.7 Å². The Balaban J connectivity index is 4.56. The third kappa shape index (κ3) is 39.8. The van der Waals surface area contributed by atoms with Crippen LogP contribution < -0.4 is 0 Å². The summed E-state index contributed by atoms with van der Waals surface area (Å²) >= 11 is 0. The fourth-order valence-corrected chi connectivity index (χ4v) is 9.78. The molecule has 0 heterocycles. The van der Waals surface area contributed by atoms with E-state index in [1.54, 1.807) is 0 Å². The number of nitrogens with zero attached hydrogens (tertiary/aromatic N) is 1. The third-order valence-corrected chi connectivity index (χ3v) is 14.0. The molecule has 0 saturated heterocycles. The lowest BCUT2D eigenvalue weighted by Gasteiger charge is -2.36. The first kappa shape index (κ1) is 59.5. The Kier molecular flexibility index (Phi) is 41.5. The van der Waals surface area contributed by atoms with Crippen molar-refractivity contribution in [2.24, 2.45) is 0 Å². The van der Waals surface area contributed by atoms with Gasteiger partial charge in [0.2, 0.25) is 0 Å². The second-order valence-corrected chi connectivity index (χ2v) is 20.8. The summed E-state index contributed by atoms with van der Waals surface area (Å²) in [5.74, 6) is -1.34. The summed E-state index contributed by atoms with van der Waals surface area (Å²) in [6.45, 7) is 6.15. The van der Waals surface area contributed by atoms with Crippen LogP contribution >= 0.6 is 7.60 Å². The van der Waals surface area contributed by atoms with Gasteiger partial charge in [0.1, 0.15) is 6.61 Å². The Morgan fingerprint density at radius 2 is 0.836 bits per heavy atom. The van der Waals surface area contributed by atoms with Gasteiger partial charge < -0.3 is 23.4 Å². The Labute approximate surface area is 378 Å². The van der Waals surface area contributed by atoms with E-state index in [4.69, 9.17) is 14.0 Å². The lowest BCUT2D eigenvalue weighted by molar-refractivity contribution is -0.883. The summed E-state index contributed by atoms with van der Waals surface area (Å²) in [7, 11) is 1.61. The van der Waals surface area contributed by atoms with Gasteiger partial charge in [-0.1, -0.05) is 186 Å². The van der Waals surface area contributed by atoms with Gasteiger partial charge in [0.25, 0.3) is 0 Å². The second kappa shape index (κ2) is 42.5. The number of carbonyl (C=O) groups is 2. The summed E-state index contributed by atoms with van der Waals surface area (Å²) in [5, 5.41) is 0. The van der Waals surface area contributed by atoms with Gasteiger partial charge >= 0.3 is 19.5 Å². The predicted molar refractivity (Wildman–Crippen MR) is 260 cm³/mol. The number of hydrogen-bond donors (Lipinski definition) is 1.